The summed E-state index contributed by atoms with van der Waals surface area (Å²) in [5.74, 6) is -2.40. The van der Waals surface area contributed by atoms with Crippen LogP contribution in [0, 0.1) is 0 Å². The van der Waals surface area contributed by atoms with E-state index in [0.29, 0.717) is 5.39 Å². The lowest BCUT2D eigenvalue weighted by atomic mass is 10.0. The van der Waals surface area contributed by atoms with Crippen molar-refractivity contribution in [2.45, 2.75) is 0 Å². The molecule has 0 aromatic heterocycles. The Morgan fingerprint density at radius 3 is 2.57 bits per heavy atom. The van der Waals surface area contributed by atoms with Crippen LogP contribution < -0.4 is 5.32 Å². The summed E-state index contributed by atoms with van der Waals surface area (Å²) >= 11 is 0.899. The zero-order chi connectivity index (χ0) is 20.3. The lowest BCUT2D eigenvalue weighted by Crippen LogP contribution is -2.38. The molecule has 28 heavy (non-hydrogen) atoms. The number of esters is 1. The highest BCUT2D eigenvalue weighted by molar-refractivity contribution is 8.14. The molecule has 1 fully saturated rings. The molecule has 2 aromatic rings. The molecule has 0 unspecified atom stereocenters. The molecule has 0 radical (unpaired) electrons. The molecular weight excluding hydrogens is 388 g/mol. The van der Waals surface area contributed by atoms with Crippen molar-refractivity contribution in [3.05, 3.63) is 35.9 Å². The molecule has 146 valence electrons. The van der Waals surface area contributed by atoms with Gasteiger partial charge in [0.25, 0.3) is 11.1 Å². The highest BCUT2D eigenvalue weighted by Crippen LogP contribution is 2.35. The topological polar surface area (TPSA) is 133 Å². The molecule has 9 nitrogen and oxygen atoms in total. The van der Waals surface area contributed by atoms with Crippen LogP contribution in [0.2, 0.25) is 0 Å². The predicted molar refractivity (Wildman–Crippen MR) is 100 cm³/mol. The van der Waals surface area contributed by atoms with E-state index >= 15 is 0 Å². The summed E-state index contributed by atoms with van der Waals surface area (Å²) in [4.78, 5) is 47.9. The fourth-order valence-electron chi connectivity index (χ4n) is 2.66. The highest BCUT2D eigenvalue weighted by Gasteiger charge is 2.29. The first-order valence-corrected chi connectivity index (χ1v) is 9.21. The van der Waals surface area contributed by atoms with Crippen LogP contribution in [0.5, 0.6) is 11.5 Å². The van der Waals surface area contributed by atoms with Crippen LogP contribution >= 0.6 is 11.8 Å². The first-order valence-electron chi connectivity index (χ1n) is 8.23. The van der Waals surface area contributed by atoms with Crippen LogP contribution in [0.15, 0.2) is 30.3 Å². The van der Waals surface area contributed by atoms with E-state index in [-0.39, 0.29) is 52.4 Å². The lowest BCUT2D eigenvalue weighted by molar-refractivity contribution is -0.126. The number of phenolic OH excluding ortho intramolecular Hbond substituents is 2. The molecule has 1 aliphatic rings. The van der Waals surface area contributed by atoms with Gasteiger partial charge in [0, 0.05) is 23.9 Å². The molecule has 2 aromatic carbocycles. The van der Waals surface area contributed by atoms with E-state index in [1.807, 2.05) is 0 Å². The molecule has 0 spiro atoms. The van der Waals surface area contributed by atoms with Gasteiger partial charge in [0.05, 0.1) is 5.75 Å². The lowest BCUT2D eigenvalue weighted by Gasteiger charge is -2.13. The number of amides is 3. The zero-order valence-electron chi connectivity index (χ0n) is 14.5. The van der Waals surface area contributed by atoms with Crippen LogP contribution in [0.25, 0.3) is 10.8 Å². The maximum atomic E-state index is 12.2. The average molecular weight is 404 g/mol. The van der Waals surface area contributed by atoms with Crippen LogP contribution in [-0.2, 0) is 14.3 Å². The molecule has 0 atom stereocenters. The van der Waals surface area contributed by atoms with Gasteiger partial charge in [-0.15, -0.1) is 0 Å². The number of thioether (sulfide) groups is 1. The minimum atomic E-state index is -0.977. The summed E-state index contributed by atoms with van der Waals surface area (Å²) in [6.07, 6.45) is 0. The second kappa shape index (κ2) is 8.17. The second-order valence-electron chi connectivity index (χ2n) is 5.86. The van der Waals surface area contributed by atoms with E-state index in [1.54, 1.807) is 18.2 Å². The Hall–Kier alpha value is -3.27. The van der Waals surface area contributed by atoms with Gasteiger partial charge in [0.1, 0.15) is 17.1 Å². The van der Waals surface area contributed by atoms with Crippen LogP contribution in [0.4, 0.5) is 4.79 Å². The van der Waals surface area contributed by atoms with Gasteiger partial charge in [0.15, 0.2) is 6.61 Å². The molecule has 0 aliphatic carbocycles. The second-order valence-corrected chi connectivity index (χ2v) is 6.79. The number of benzene rings is 2. The van der Waals surface area contributed by atoms with Gasteiger partial charge in [-0.25, -0.2) is 4.79 Å². The fraction of sp³-hybridized carbons (Fsp3) is 0.222. The minimum Gasteiger partial charge on any atom is -0.507 e. The summed E-state index contributed by atoms with van der Waals surface area (Å²) < 4.78 is 4.87. The Morgan fingerprint density at radius 2 is 1.89 bits per heavy atom. The number of ether oxygens (including phenoxy) is 1. The van der Waals surface area contributed by atoms with Crippen molar-refractivity contribution in [2.75, 3.05) is 25.4 Å². The normalized spacial score (nSPS) is 13.8. The van der Waals surface area contributed by atoms with Gasteiger partial charge >= 0.3 is 5.97 Å². The van der Waals surface area contributed by atoms with Gasteiger partial charge in [-0.3, -0.25) is 19.3 Å². The molecule has 3 N–H and O–H groups in total. The average Bonchev–Trinajstić information content (AvgIpc) is 3.01. The largest absolute Gasteiger partial charge is 0.507 e. The van der Waals surface area contributed by atoms with Gasteiger partial charge in [0.2, 0.25) is 5.91 Å². The zero-order valence-corrected chi connectivity index (χ0v) is 15.3. The first kappa shape index (κ1) is 19.5. The number of rotatable bonds is 6. The van der Waals surface area contributed by atoms with Crippen molar-refractivity contribution in [2.24, 2.45) is 0 Å². The Morgan fingerprint density at radius 1 is 1.18 bits per heavy atom. The van der Waals surface area contributed by atoms with Crippen LogP contribution in [0.1, 0.15) is 10.4 Å². The summed E-state index contributed by atoms with van der Waals surface area (Å²) in [5, 5.41) is 23.0. The fourth-order valence-corrected chi connectivity index (χ4v) is 3.41. The van der Waals surface area contributed by atoms with Gasteiger partial charge in [-0.1, -0.05) is 36.0 Å². The maximum absolute atomic E-state index is 12.2. The van der Waals surface area contributed by atoms with Gasteiger partial charge < -0.3 is 20.3 Å². The Labute approximate surface area is 163 Å². The van der Waals surface area contributed by atoms with E-state index in [9.17, 15) is 29.4 Å². The van der Waals surface area contributed by atoms with E-state index in [0.717, 1.165) is 22.7 Å². The summed E-state index contributed by atoms with van der Waals surface area (Å²) in [6.45, 7) is -0.567. The molecule has 1 aliphatic heterocycles. The first-order chi connectivity index (χ1) is 13.4. The summed E-state index contributed by atoms with van der Waals surface area (Å²) in [6, 6.07) is 7.50. The van der Waals surface area contributed by atoms with Crippen molar-refractivity contribution in [1.29, 1.82) is 0 Å². The number of nitrogens with zero attached hydrogens (tertiary/aromatic N) is 1. The number of nitrogens with one attached hydrogen (secondary N) is 1. The number of hydrogen-bond donors (Lipinski definition) is 3. The number of aromatic hydroxyl groups is 2. The standard InChI is InChI=1S/C18H16N2O7S/c21-13-7-12(16(24)11-4-2-1-3-10(11)13)17(25)27-8-14(22)19-5-6-20-15(23)9-28-18(20)26/h1-4,7,21,24H,5-6,8-9H2,(H,19,22). The highest BCUT2D eigenvalue weighted by atomic mass is 32.2. The minimum absolute atomic E-state index is 0.0242. The number of carbonyl (C=O) groups excluding carboxylic acids is 4. The molecule has 0 bridgehead atoms. The quantitative estimate of drug-likeness (QED) is 0.483. The number of hydrogen-bond acceptors (Lipinski definition) is 8. The van der Waals surface area contributed by atoms with Crippen LogP contribution in [0.3, 0.4) is 0 Å². The number of carbonyl (C=O) groups is 4. The number of phenols is 2. The molecule has 3 rings (SSSR count). The summed E-state index contributed by atoms with van der Waals surface area (Å²) in [7, 11) is 0. The van der Waals surface area contributed by atoms with Gasteiger partial charge in [-0.05, 0) is 6.07 Å². The van der Waals surface area contributed by atoms with E-state index in [2.05, 4.69) is 5.32 Å². The number of fused-ring (bicyclic) bond motifs is 1. The smallest absolute Gasteiger partial charge is 0.342 e. The Kier molecular flexibility index (Phi) is 5.69. The third-order valence-corrected chi connectivity index (χ3v) is 4.91. The molecule has 1 saturated heterocycles. The van der Waals surface area contributed by atoms with Gasteiger partial charge in [-0.2, -0.15) is 0 Å². The predicted octanol–water partition coefficient (Wildman–Crippen LogP) is 1.22. The third kappa shape index (κ3) is 4.01. The Balaban J connectivity index is 1.55. The van der Waals surface area contributed by atoms with Crippen molar-refractivity contribution in [3.8, 4) is 11.5 Å². The molecule has 10 heteroatoms. The summed E-state index contributed by atoms with van der Waals surface area (Å²) in [5.41, 5.74) is -0.269. The van der Waals surface area contributed by atoms with Crippen molar-refractivity contribution in [1.82, 2.24) is 10.2 Å². The number of imide groups is 1. The van der Waals surface area contributed by atoms with Crippen LogP contribution in [-0.4, -0.2) is 63.6 Å². The molecule has 0 saturated carbocycles. The SMILES string of the molecule is O=C(COC(=O)c1cc(O)c2ccccc2c1O)NCCN1C(=O)CSC1=O. The van der Waals surface area contributed by atoms with E-state index in [1.165, 1.54) is 6.07 Å². The Bertz CT molecular complexity index is 960. The molecular formula is C18H16N2O7S. The molecule has 1 heterocycles. The third-order valence-electron chi connectivity index (χ3n) is 4.05. The van der Waals surface area contributed by atoms with Crippen molar-refractivity contribution < 1.29 is 34.1 Å². The monoisotopic (exact) mass is 404 g/mol. The maximum Gasteiger partial charge on any atom is 0.342 e. The van der Waals surface area contributed by atoms with Crippen molar-refractivity contribution in [3.63, 3.8) is 0 Å². The van der Waals surface area contributed by atoms with E-state index < -0.39 is 18.5 Å². The van der Waals surface area contributed by atoms with E-state index in [4.69, 9.17) is 4.74 Å². The van der Waals surface area contributed by atoms with Crippen molar-refractivity contribution >= 4 is 45.6 Å². The molecule has 3 amide bonds.